The van der Waals surface area contributed by atoms with Crippen LogP contribution in [0.5, 0.6) is 0 Å². The molecule has 1 heterocycles. The predicted octanol–water partition coefficient (Wildman–Crippen LogP) is 7.16. The van der Waals surface area contributed by atoms with Gasteiger partial charge in [0, 0.05) is 16.7 Å². The zero-order chi connectivity index (χ0) is 21.9. The van der Waals surface area contributed by atoms with Crippen molar-refractivity contribution in [1.82, 2.24) is 15.0 Å². The molecule has 5 aromatic rings. The van der Waals surface area contributed by atoms with E-state index in [1.54, 1.807) is 0 Å². The van der Waals surface area contributed by atoms with Crippen molar-refractivity contribution in [1.29, 1.82) is 0 Å². The lowest BCUT2D eigenvalue weighted by Crippen LogP contribution is -2.00. The minimum Gasteiger partial charge on any atom is -0.208 e. The van der Waals surface area contributed by atoms with Crippen LogP contribution < -0.4 is 0 Å². The van der Waals surface area contributed by atoms with E-state index in [-0.39, 0.29) is 0 Å². The van der Waals surface area contributed by atoms with Crippen LogP contribution in [0.1, 0.15) is 11.1 Å². The lowest BCUT2D eigenvalue weighted by Gasteiger charge is -2.09. The number of aromatic nitrogens is 3. The molecule has 4 aromatic carbocycles. The van der Waals surface area contributed by atoms with Gasteiger partial charge in [-0.15, -0.1) is 0 Å². The molecule has 0 spiro atoms. The molecule has 0 fully saturated rings. The van der Waals surface area contributed by atoms with E-state index in [1.807, 2.05) is 6.07 Å². The van der Waals surface area contributed by atoms with E-state index in [0.717, 1.165) is 16.7 Å². The summed E-state index contributed by atoms with van der Waals surface area (Å²) in [4.78, 5) is 14.5. The molecule has 1 aromatic heterocycles. The molecule has 0 aliphatic rings. The molecule has 0 amide bonds. The molecule has 0 radical (unpaired) electrons. The lowest BCUT2D eigenvalue weighted by atomic mass is 10.0. The standard InChI is InChI=1S/C29H23N3/c1-20-8-12-24(13-9-20)27-30-28(25-14-10-21(2)11-15-25)32-29(31-27)26-18-16-23(17-19-26)22-6-4-3-5-7-22/h3-19H,1-2H3. The number of hydrogen-bond acceptors (Lipinski definition) is 3. The van der Waals surface area contributed by atoms with E-state index < -0.39 is 0 Å². The molecule has 0 unspecified atom stereocenters. The van der Waals surface area contributed by atoms with E-state index in [0.29, 0.717) is 17.5 Å². The van der Waals surface area contributed by atoms with Gasteiger partial charge in [-0.3, -0.25) is 0 Å². The Hall–Kier alpha value is -4.11. The Morgan fingerprint density at radius 3 is 1.06 bits per heavy atom. The van der Waals surface area contributed by atoms with Crippen LogP contribution in [0.2, 0.25) is 0 Å². The monoisotopic (exact) mass is 413 g/mol. The first-order chi connectivity index (χ1) is 15.7. The van der Waals surface area contributed by atoms with E-state index >= 15 is 0 Å². The summed E-state index contributed by atoms with van der Waals surface area (Å²) in [6, 6.07) is 35.3. The first kappa shape index (κ1) is 19.8. The second kappa shape index (κ2) is 8.56. The summed E-state index contributed by atoms with van der Waals surface area (Å²) in [6.07, 6.45) is 0. The molecule has 0 saturated heterocycles. The van der Waals surface area contributed by atoms with Crippen molar-refractivity contribution >= 4 is 0 Å². The predicted molar refractivity (Wildman–Crippen MR) is 131 cm³/mol. The molecule has 0 bridgehead atoms. The minimum atomic E-state index is 0.672. The fraction of sp³-hybridized carbons (Fsp3) is 0.0690. The highest BCUT2D eigenvalue weighted by Gasteiger charge is 2.12. The van der Waals surface area contributed by atoms with Crippen molar-refractivity contribution in [3.63, 3.8) is 0 Å². The highest BCUT2D eigenvalue weighted by molar-refractivity contribution is 5.70. The number of hydrogen-bond donors (Lipinski definition) is 0. The van der Waals surface area contributed by atoms with E-state index in [4.69, 9.17) is 15.0 Å². The van der Waals surface area contributed by atoms with Crippen LogP contribution in [-0.2, 0) is 0 Å². The fourth-order valence-corrected chi connectivity index (χ4v) is 3.61. The van der Waals surface area contributed by atoms with Crippen LogP contribution in [0.4, 0.5) is 0 Å². The van der Waals surface area contributed by atoms with Crippen LogP contribution >= 0.6 is 0 Å². The third kappa shape index (κ3) is 4.19. The second-order valence-electron chi connectivity index (χ2n) is 7.98. The number of nitrogens with zero attached hydrogens (tertiary/aromatic N) is 3. The quantitative estimate of drug-likeness (QED) is 0.314. The van der Waals surface area contributed by atoms with Gasteiger partial charge in [-0.1, -0.05) is 114 Å². The van der Waals surface area contributed by atoms with Crippen molar-refractivity contribution in [2.24, 2.45) is 0 Å². The SMILES string of the molecule is Cc1ccc(-c2nc(-c3ccc(C)cc3)nc(-c3ccc(-c4ccccc4)cc3)n2)cc1. The largest absolute Gasteiger partial charge is 0.208 e. The van der Waals surface area contributed by atoms with Crippen molar-refractivity contribution < 1.29 is 0 Å². The Labute approximate surface area is 188 Å². The first-order valence-corrected chi connectivity index (χ1v) is 10.7. The average molecular weight is 414 g/mol. The molecule has 0 aliphatic carbocycles. The van der Waals surface area contributed by atoms with Crippen molar-refractivity contribution in [2.45, 2.75) is 13.8 Å². The van der Waals surface area contributed by atoms with E-state index in [1.165, 1.54) is 22.3 Å². The number of aryl methyl sites for hydroxylation is 2. The van der Waals surface area contributed by atoms with Gasteiger partial charge in [0.25, 0.3) is 0 Å². The van der Waals surface area contributed by atoms with Crippen molar-refractivity contribution in [2.75, 3.05) is 0 Å². The highest BCUT2D eigenvalue weighted by atomic mass is 15.0. The Bertz CT molecular complexity index is 1280. The summed E-state index contributed by atoms with van der Waals surface area (Å²) in [5.41, 5.74) is 7.70. The molecule has 154 valence electrons. The highest BCUT2D eigenvalue weighted by Crippen LogP contribution is 2.27. The minimum absolute atomic E-state index is 0.672. The van der Waals surface area contributed by atoms with Gasteiger partial charge >= 0.3 is 0 Å². The topological polar surface area (TPSA) is 38.7 Å². The van der Waals surface area contributed by atoms with Crippen LogP contribution in [-0.4, -0.2) is 15.0 Å². The van der Waals surface area contributed by atoms with Gasteiger partial charge in [0.15, 0.2) is 17.5 Å². The Morgan fingerprint density at radius 2 is 0.656 bits per heavy atom. The molecule has 3 heteroatoms. The first-order valence-electron chi connectivity index (χ1n) is 10.7. The molecule has 5 rings (SSSR count). The Morgan fingerprint density at radius 1 is 0.344 bits per heavy atom. The number of rotatable bonds is 4. The molecular weight excluding hydrogens is 390 g/mol. The van der Waals surface area contributed by atoms with Crippen LogP contribution in [0.25, 0.3) is 45.3 Å². The van der Waals surface area contributed by atoms with Gasteiger partial charge in [0.05, 0.1) is 0 Å². The normalized spacial score (nSPS) is 10.8. The molecular formula is C29H23N3. The Kier molecular flexibility index (Phi) is 5.30. The zero-order valence-electron chi connectivity index (χ0n) is 18.2. The molecule has 0 aliphatic heterocycles. The van der Waals surface area contributed by atoms with Gasteiger partial charge < -0.3 is 0 Å². The van der Waals surface area contributed by atoms with Gasteiger partial charge in [0.2, 0.25) is 0 Å². The second-order valence-corrected chi connectivity index (χ2v) is 7.98. The maximum Gasteiger partial charge on any atom is 0.164 e. The summed E-state index contributed by atoms with van der Waals surface area (Å²) >= 11 is 0. The van der Waals surface area contributed by atoms with Crippen LogP contribution in [0.3, 0.4) is 0 Å². The molecule has 0 N–H and O–H groups in total. The summed E-state index contributed by atoms with van der Waals surface area (Å²) in [5, 5.41) is 0. The van der Waals surface area contributed by atoms with Crippen LogP contribution in [0, 0.1) is 13.8 Å². The third-order valence-corrected chi connectivity index (χ3v) is 5.51. The third-order valence-electron chi connectivity index (χ3n) is 5.51. The lowest BCUT2D eigenvalue weighted by molar-refractivity contribution is 1.07. The molecule has 0 atom stereocenters. The van der Waals surface area contributed by atoms with Crippen molar-refractivity contribution in [3.8, 4) is 45.3 Å². The summed E-state index contributed by atoms with van der Waals surface area (Å²) in [6.45, 7) is 4.16. The average Bonchev–Trinajstić information content (AvgIpc) is 2.85. The molecule has 3 nitrogen and oxygen atoms in total. The Balaban J connectivity index is 1.60. The molecule has 32 heavy (non-hydrogen) atoms. The van der Waals surface area contributed by atoms with Gasteiger partial charge in [-0.25, -0.2) is 15.0 Å². The smallest absolute Gasteiger partial charge is 0.164 e. The molecule has 0 saturated carbocycles. The van der Waals surface area contributed by atoms with E-state index in [9.17, 15) is 0 Å². The van der Waals surface area contributed by atoms with Gasteiger partial charge in [-0.05, 0) is 25.0 Å². The summed E-state index contributed by atoms with van der Waals surface area (Å²) < 4.78 is 0. The van der Waals surface area contributed by atoms with Crippen LogP contribution in [0.15, 0.2) is 103 Å². The summed E-state index contributed by atoms with van der Waals surface area (Å²) in [7, 11) is 0. The maximum absolute atomic E-state index is 4.83. The van der Waals surface area contributed by atoms with Gasteiger partial charge in [0.1, 0.15) is 0 Å². The fourth-order valence-electron chi connectivity index (χ4n) is 3.61. The zero-order valence-corrected chi connectivity index (χ0v) is 18.2. The summed E-state index contributed by atoms with van der Waals surface area (Å²) in [5.74, 6) is 2.03. The maximum atomic E-state index is 4.83. The van der Waals surface area contributed by atoms with E-state index in [2.05, 4.69) is 111 Å². The van der Waals surface area contributed by atoms with Gasteiger partial charge in [-0.2, -0.15) is 0 Å². The van der Waals surface area contributed by atoms with Crippen molar-refractivity contribution in [3.05, 3.63) is 114 Å². The number of benzene rings is 4.